The standard InChI is InChI=1S/C12H15NOS/c1-10(2)15-7-6-14-12-5-3-4-11(8-12)9-13/h3-5,8,10H,6-7H2,1-2H3. The van der Waals surface area contributed by atoms with Gasteiger partial charge in [0, 0.05) is 5.75 Å². The Morgan fingerprint density at radius 2 is 2.27 bits per heavy atom. The van der Waals surface area contributed by atoms with Gasteiger partial charge in [-0.05, 0) is 23.4 Å². The smallest absolute Gasteiger partial charge is 0.120 e. The molecule has 0 atom stereocenters. The van der Waals surface area contributed by atoms with Crippen molar-refractivity contribution in [1.29, 1.82) is 5.26 Å². The van der Waals surface area contributed by atoms with E-state index in [1.165, 1.54) is 0 Å². The van der Waals surface area contributed by atoms with Gasteiger partial charge in [-0.25, -0.2) is 0 Å². The molecule has 80 valence electrons. The van der Waals surface area contributed by atoms with Gasteiger partial charge in [-0.1, -0.05) is 19.9 Å². The highest BCUT2D eigenvalue weighted by atomic mass is 32.2. The van der Waals surface area contributed by atoms with E-state index >= 15 is 0 Å². The third-order valence-corrected chi connectivity index (χ3v) is 2.84. The van der Waals surface area contributed by atoms with E-state index in [9.17, 15) is 0 Å². The van der Waals surface area contributed by atoms with Crippen molar-refractivity contribution < 1.29 is 4.74 Å². The largest absolute Gasteiger partial charge is 0.493 e. The molecule has 0 aliphatic carbocycles. The lowest BCUT2D eigenvalue weighted by molar-refractivity contribution is 0.344. The molecule has 0 spiro atoms. The maximum absolute atomic E-state index is 8.70. The molecule has 0 bridgehead atoms. The molecule has 15 heavy (non-hydrogen) atoms. The minimum Gasteiger partial charge on any atom is -0.493 e. The maximum atomic E-state index is 8.70. The molecule has 0 fully saturated rings. The van der Waals surface area contributed by atoms with Gasteiger partial charge in [-0.3, -0.25) is 0 Å². The minimum atomic E-state index is 0.638. The second-order valence-electron chi connectivity index (χ2n) is 3.41. The molecule has 0 saturated carbocycles. The molecular weight excluding hydrogens is 206 g/mol. The lowest BCUT2D eigenvalue weighted by Gasteiger charge is -2.07. The number of hydrogen-bond acceptors (Lipinski definition) is 3. The fraction of sp³-hybridized carbons (Fsp3) is 0.417. The number of benzene rings is 1. The number of ether oxygens (including phenoxy) is 1. The van der Waals surface area contributed by atoms with Gasteiger partial charge in [0.1, 0.15) is 5.75 Å². The predicted molar refractivity (Wildman–Crippen MR) is 64.2 cm³/mol. The summed E-state index contributed by atoms with van der Waals surface area (Å²) < 4.78 is 5.53. The van der Waals surface area contributed by atoms with Crippen molar-refractivity contribution in [1.82, 2.24) is 0 Å². The highest BCUT2D eigenvalue weighted by Gasteiger charge is 1.97. The predicted octanol–water partition coefficient (Wildman–Crippen LogP) is 3.08. The van der Waals surface area contributed by atoms with Gasteiger partial charge in [-0.15, -0.1) is 0 Å². The van der Waals surface area contributed by atoms with E-state index in [0.29, 0.717) is 17.4 Å². The molecule has 0 aliphatic heterocycles. The fourth-order valence-corrected chi connectivity index (χ4v) is 1.75. The zero-order valence-corrected chi connectivity index (χ0v) is 9.88. The number of thioether (sulfide) groups is 1. The first-order chi connectivity index (χ1) is 7.22. The summed E-state index contributed by atoms with van der Waals surface area (Å²) in [5.74, 6) is 1.76. The lowest BCUT2D eigenvalue weighted by atomic mass is 10.2. The number of rotatable bonds is 5. The van der Waals surface area contributed by atoms with Gasteiger partial charge < -0.3 is 4.74 Å². The van der Waals surface area contributed by atoms with Crippen LogP contribution < -0.4 is 4.74 Å². The highest BCUT2D eigenvalue weighted by Crippen LogP contribution is 2.14. The first-order valence-electron chi connectivity index (χ1n) is 4.97. The molecule has 3 heteroatoms. The molecule has 1 aromatic rings. The van der Waals surface area contributed by atoms with Crippen LogP contribution in [0.5, 0.6) is 5.75 Å². The highest BCUT2D eigenvalue weighted by molar-refractivity contribution is 7.99. The van der Waals surface area contributed by atoms with E-state index in [1.807, 2.05) is 23.9 Å². The van der Waals surface area contributed by atoms with Gasteiger partial charge in [0.05, 0.1) is 18.2 Å². The third kappa shape index (κ3) is 4.75. The van der Waals surface area contributed by atoms with Crippen LogP contribution in [0, 0.1) is 11.3 Å². The van der Waals surface area contributed by atoms with Crippen molar-refractivity contribution in [2.24, 2.45) is 0 Å². The molecule has 0 heterocycles. The lowest BCUT2D eigenvalue weighted by Crippen LogP contribution is -2.02. The number of nitrogens with zero attached hydrogens (tertiary/aromatic N) is 1. The maximum Gasteiger partial charge on any atom is 0.120 e. The van der Waals surface area contributed by atoms with Crippen molar-refractivity contribution >= 4 is 11.8 Å². The van der Waals surface area contributed by atoms with Crippen molar-refractivity contribution in [3.63, 3.8) is 0 Å². The zero-order valence-electron chi connectivity index (χ0n) is 9.06. The topological polar surface area (TPSA) is 33.0 Å². The summed E-state index contributed by atoms with van der Waals surface area (Å²) in [4.78, 5) is 0. The average molecular weight is 221 g/mol. The van der Waals surface area contributed by atoms with Crippen LogP contribution >= 0.6 is 11.8 Å². The van der Waals surface area contributed by atoms with Gasteiger partial charge in [0.15, 0.2) is 0 Å². The molecular formula is C12H15NOS. The summed E-state index contributed by atoms with van der Waals surface area (Å²) in [7, 11) is 0. The molecule has 0 radical (unpaired) electrons. The molecule has 0 unspecified atom stereocenters. The molecule has 0 saturated heterocycles. The summed E-state index contributed by atoms with van der Waals surface area (Å²) in [6.07, 6.45) is 0. The third-order valence-electron chi connectivity index (χ3n) is 1.77. The van der Waals surface area contributed by atoms with Crippen LogP contribution in [0.3, 0.4) is 0 Å². The van der Waals surface area contributed by atoms with Crippen LogP contribution in [-0.4, -0.2) is 17.6 Å². The van der Waals surface area contributed by atoms with Crippen LogP contribution in [-0.2, 0) is 0 Å². The molecule has 2 nitrogen and oxygen atoms in total. The minimum absolute atomic E-state index is 0.638. The fourth-order valence-electron chi connectivity index (χ4n) is 1.10. The van der Waals surface area contributed by atoms with Gasteiger partial charge in [0.2, 0.25) is 0 Å². The number of hydrogen-bond donors (Lipinski definition) is 0. The van der Waals surface area contributed by atoms with Gasteiger partial charge >= 0.3 is 0 Å². The van der Waals surface area contributed by atoms with Crippen LogP contribution in [0.15, 0.2) is 24.3 Å². The van der Waals surface area contributed by atoms with Gasteiger partial charge in [0.25, 0.3) is 0 Å². The molecule has 1 rings (SSSR count). The monoisotopic (exact) mass is 221 g/mol. The van der Waals surface area contributed by atoms with Crippen molar-refractivity contribution in [3.05, 3.63) is 29.8 Å². The van der Waals surface area contributed by atoms with Crippen LogP contribution in [0.25, 0.3) is 0 Å². The van der Waals surface area contributed by atoms with Crippen molar-refractivity contribution in [2.75, 3.05) is 12.4 Å². The van der Waals surface area contributed by atoms with Crippen LogP contribution in [0.1, 0.15) is 19.4 Å². The summed E-state index contributed by atoms with van der Waals surface area (Å²) in [6.45, 7) is 5.03. The van der Waals surface area contributed by atoms with E-state index in [4.69, 9.17) is 10.00 Å². The van der Waals surface area contributed by atoms with Gasteiger partial charge in [-0.2, -0.15) is 17.0 Å². The van der Waals surface area contributed by atoms with E-state index in [2.05, 4.69) is 19.9 Å². The Balaban J connectivity index is 2.35. The van der Waals surface area contributed by atoms with Crippen molar-refractivity contribution in [3.8, 4) is 11.8 Å². The summed E-state index contributed by atoms with van der Waals surface area (Å²) in [5, 5.41) is 9.33. The first kappa shape index (κ1) is 11.9. The summed E-state index contributed by atoms with van der Waals surface area (Å²) in [6, 6.07) is 9.34. The first-order valence-corrected chi connectivity index (χ1v) is 6.02. The Hall–Kier alpha value is -1.14. The van der Waals surface area contributed by atoms with E-state index in [1.54, 1.807) is 12.1 Å². The van der Waals surface area contributed by atoms with Crippen LogP contribution in [0.4, 0.5) is 0 Å². The Labute approximate surface area is 95.3 Å². The molecule has 1 aromatic carbocycles. The second-order valence-corrected chi connectivity index (χ2v) is 5.09. The Kier molecular flexibility index (Phi) is 5.06. The SMILES string of the molecule is CC(C)SCCOc1cccc(C#N)c1. The van der Waals surface area contributed by atoms with E-state index in [0.717, 1.165) is 11.5 Å². The van der Waals surface area contributed by atoms with Crippen LogP contribution in [0.2, 0.25) is 0 Å². The normalized spacial score (nSPS) is 10.0. The molecule has 0 N–H and O–H groups in total. The van der Waals surface area contributed by atoms with E-state index in [-0.39, 0.29) is 0 Å². The molecule has 0 aromatic heterocycles. The van der Waals surface area contributed by atoms with E-state index < -0.39 is 0 Å². The summed E-state index contributed by atoms with van der Waals surface area (Å²) >= 11 is 1.87. The van der Waals surface area contributed by atoms with Crippen molar-refractivity contribution in [2.45, 2.75) is 19.1 Å². The molecule has 0 amide bonds. The molecule has 0 aliphatic rings. The number of nitriles is 1. The Bertz CT molecular complexity index is 344. The second kappa shape index (κ2) is 6.36. The average Bonchev–Trinajstić information content (AvgIpc) is 2.24. The quantitative estimate of drug-likeness (QED) is 0.716. The Morgan fingerprint density at radius 3 is 2.93 bits per heavy atom. The summed E-state index contributed by atoms with van der Waals surface area (Å²) in [5.41, 5.74) is 0.643. The zero-order chi connectivity index (χ0) is 11.1. The Morgan fingerprint density at radius 1 is 1.47 bits per heavy atom.